The Balaban J connectivity index is 1.41. The van der Waals surface area contributed by atoms with Crippen LogP contribution in [-0.4, -0.2) is 50.0 Å². The molecule has 2 aliphatic rings. The summed E-state index contributed by atoms with van der Waals surface area (Å²) >= 11 is 0. The number of phenols is 1. The maximum absolute atomic E-state index is 15.4. The number of benzene rings is 1. The molecular weight excluding hydrogens is 452 g/mol. The molecule has 5 rings (SSSR count). The molecule has 1 aromatic carbocycles. The van der Waals surface area contributed by atoms with E-state index in [0.29, 0.717) is 17.8 Å². The van der Waals surface area contributed by atoms with Gasteiger partial charge in [-0.2, -0.15) is 0 Å². The fourth-order valence-electron chi connectivity index (χ4n) is 5.55. The van der Waals surface area contributed by atoms with Crippen LogP contribution in [0, 0.1) is 5.82 Å². The second kappa shape index (κ2) is 8.12. The number of nitrogens with zero attached hydrogens (tertiary/aromatic N) is 4. The van der Waals surface area contributed by atoms with Gasteiger partial charge in [-0.1, -0.05) is 0 Å². The SMILES string of the molecule is CN(c1cnc(-c2cc(F)c(-c3ccn(C)c(=O)c3)cc2O)cn1)[C@@H]1C[C@@]2(C)CC[C@](C)(N2)[C@@H]1F. The number of phenolic OH excluding ortho intramolecular Hbond substituents is 1. The summed E-state index contributed by atoms with van der Waals surface area (Å²) < 4.78 is 31.8. The van der Waals surface area contributed by atoms with Crippen LogP contribution in [0.2, 0.25) is 0 Å². The van der Waals surface area contributed by atoms with Gasteiger partial charge in [0.15, 0.2) is 0 Å². The predicted octanol–water partition coefficient (Wildman–Crippen LogP) is 3.80. The number of pyridine rings is 1. The van der Waals surface area contributed by atoms with Gasteiger partial charge in [0.05, 0.1) is 24.1 Å². The number of alkyl halides is 1. The monoisotopic (exact) mass is 481 g/mol. The third-order valence-electron chi connectivity index (χ3n) is 7.66. The van der Waals surface area contributed by atoms with E-state index in [-0.39, 0.29) is 39.7 Å². The molecule has 3 aromatic rings. The van der Waals surface area contributed by atoms with Crippen LogP contribution in [0.25, 0.3) is 22.4 Å². The van der Waals surface area contributed by atoms with Crippen LogP contribution in [0.1, 0.15) is 33.1 Å². The van der Waals surface area contributed by atoms with Gasteiger partial charge < -0.3 is 19.9 Å². The number of aromatic nitrogens is 3. The smallest absolute Gasteiger partial charge is 0.250 e. The second-order valence-electron chi connectivity index (χ2n) is 10.4. The van der Waals surface area contributed by atoms with Crippen LogP contribution >= 0.6 is 0 Å². The molecule has 2 saturated heterocycles. The maximum atomic E-state index is 15.4. The van der Waals surface area contributed by atoms with E-state index in [1.807, 2.05) is 18.9 Å². The first-order valence-electron chi connectivity index (χ1n) is 11.7. The first kappa shape index (κ1) is 23.4. The molecule has 0 unspecified atom stereocenters. The van der Waals surface area contributed by atoms with Crippen molar-refractivity contribution in [3.05, 3.63) is 59.0 Å². The molecule has 0 aliphatic carbocycles. The molecule has 184 valence electrons. The second-order valence-corrected chi connectivity index (χ2v) is 10.4. The average molecular weight is 482 g/mol. The van der Waals surface area contributed by atoms with Gasteiger partial charge in [0.1, 0.15) is 23.6 Å². The third-order valence-corrected chi connectivity index (χ3v) is 7.66. The van der Waals surface area contributed by atoms with Crippen LogP contribution in [0.15, 0.2) is 47.7 Å². The van der Waals surface area contributed by atoms with Gasteiger partial charge in [0, 0.05) is 48.6 Å². The van der Waals surface area contributed by atoms with Crippen LogP contribution in [0.3, 0.4) is 0 Å². The Kier molecular flexibility index (Phi) is 5.43. The maximum Gasteiger partial charge on any atom is 0.250 e. The summed E-state index contributed by atoms with van der Waals surface area (Å²) in [6.07, 6.45) is 5.81. The zero-order chi connectivity index (χ0) is 25.1. The summed E-state index contributed by atoms with van der Waals surface area (Å²) in [5, 5.41) is 14.1. The molecular formula is C26H29F2N5O2. The third kappa shape index (κ3) is 3.97. The molecule has 2 aliphatic heterocycles. The lowest BCUT2D eigenvalue weighted by Gasteiger charge is -2.47. The van der Waals surface area contributed by atoms with E-state index in [0.717, 1.165) is 12.8 Å². The van der Waals surface area contributed by atoms with E-state index < -0.39 is 17.5 Å². The number of nitrogens with one attached hydrogen (secondary N) is 1. The largest absolute Gasteiger partial charge is 0.507 e. The molecule has 2 bridgehead atoms. The summed E-state index contributed by atoms with van der Waals surface area (Å²) in [6, 6.07) is 5.03. The molecule has 2 fully saturated rings. The molecule has 9 heteroatoms. The first-order chi connectivity index (χ1) is 16.5. The van der Waals surface area contributed by atoms with Crippen molar-refractivity contribution in [3.63, 3.8) is 0 Å². The van der Waals surface area contributed by atoms with Crippen molar-refractivity contribution in [3.8, 4) is 28.1 Å². The minimum absolute atomic E-state index is 0.113. The molecule has 2 aromatic heterocycles. The van der Waals surface area contributed by atoms with E-state index in [4.69, 9.17) is 0 Å². The van der Waals surface area contributed by atoms with Gasteiger partial charge in [-0.05, 0) is 56.9 Å². The van der Waals surface area contributed by atoms with E-state index in [2.05, 4.69) is 22.2 Å². The Morgan fingerprint density at radius 2 is 1.94 bits per heavy atom. The van der Waals surface area contributed by atoms with Gasteiger partial charge in [-0.25, -0.2) is 13.8 Å². The highest BCUT2D eigenvalue weighted by Gasteiger charge is 2.56. The Morgan fingerprint density at radius 3 is 2.63 bits per heavy atom. The number of piperidine rings is 1. The lowest BCUT2D eigenvalue weighted by atomic mass is 9.82. The van der Waals surface area contributed by atoms with Gasteiger partial charge in [0.2, 0.25) is 0 Å². The predicted molar refractivity (Wildman–Crippen MR) is 131 cm³/mol. The van der Waals surface area contributed by atoms with Crippen molar-refractivity contribution in [1.82, 2.24) is 19.9 Å². The first-order valence-corrected chi connectivity index (χ1v) is 11.7. The van der Waals surface area contributed by atoms with E-state index >= 15 is 4.39 Å². The number of anilines is 1. The molecule has 0 saturated carbocycles. The molecule has 7 nitrogen and oxygen atoms in total. The topological polar surface area (TPSA) is 83.3 Å². The molecule has 2 N–H and O–H groups in total. The van der Waals surface area contributed by atoms with Crippen LogP contribution in [-0.2, 0) is 7.05 Å². The normalized spacial score (nSPS) is 27.7. The Hall–Kier alpha value is -3.33. The number of aryl methyl sites for hydroxylation is 1. The fraction of sp³-hybridized carbons (Fsp3) is 0.423. The minimum atomic E-state index is -1.06. The van der Waals surface area contributed by atoms with Crippen molar-refractivity contribution in [2.45, 2.75) is 56.4 Å². The van der Waals surface area contributed by atoms with Crippen LogP contribution in [0.5, 0.6) is 5.75 Å². The minimum Gasteiger partial charge on any atom is -0.507 e. The number of rotatable bonds is 4. The van der Waals surface area contributed by atoms with E-state index in [1.54, 1.807) is 19.3 Å². The standard InChI is InChI=1S/C26H29F2N5O2/c1-25-6-7-26(2,31-25)24(28)20(12-25)33(4)22-14-29-19(13-30-22)17-10-18(27)16(11-21(17)34)15-5-8-32(3)23(35)9-15/h5,8-11,13-14,20,24,31,34H,6-7,12H2,1-4H3/t20-,24-,25-,26+/m1/s1. The number of hydrogen-bond acceptors (Lipinski definition) is 6. The van der Waals surface area contributed by atoms with Crippen molar-refractivity contribution in [2.75, 3.05) is 11.9 Å². The number of hydrogen-bond donors (Lipinski definition) is 2. The van der Waals surface area contributed by atoms with Gasteiger partial charge in [0.25, 0.3) is 5.56 Å². The highest BCUT2D eigenvalue weighted by Crippen LogP contribution is 2.45. The number of fused-ring (bicyclic) bond motifs is 2. The summed E-state index contributed by atoms with van der Waals surface area (Å²) in [4.78, 5) is 22.6. The van der Waals surface area contributed by atoms with Gasteiger partial charge >= 0.3 is 0 Å². The van der Waals surface area contributed by atoms with Crippen LogP contribution < -0.4 is 15.8 Å². The van der Waals surface area contributed by atoms with Gasteiger partial charge in [-0.3, -0.25) is 9.78 Å². The van der Waals surface area contributed by atoms with Crippen LogP contribution in [0.4, 0.5) is 14.6 Å². The molecule has 4 atom stereocenters. The van der Waals surface area contributed by atoms with Crippen molar-refractivity contribution >= 4 is 5.82 Å². The van der Waals surface area contributed by atoms with Crippen molar-refractivity contribution in [1.29, 1.82) is 0 Å². The zero-order valence-corrected chi connectivity index (χ0v) is 20.2. The zero-order valence-electron chi connectivity index (χ0n) is 20.2. The lowest BCUT2D eigenvalue weighted by molar-refractivity contribution is 0.0859. The summed E-state index contributed by atoms with van der Waals surface area (Å²) in [7, 11) is 3.42. The summed E-state index contributed by atoms with van der Waals surface area (Å²) in [5.74, 6) is -0.273. The Labute approximate surface area is 202 Å². The fourth-order valence-corrected chi connectivity index (χ4v) is 5.55. The quantitative estimate of drug-likeness (QED) is 0.590. The Morgan fingerprint density at radius 1 is 1.17 bits per heavy atom. The van der Waals surface area contributed by atoms with Gasteiger partial charge in [-0.15, -0.1) is 0 Å². The number of aromatic hydroxyl groups is 1. The highest BCUT2D eigenvalue weighted by molar-refractivity contribution is 5.74. The average Bonchev–Trinajstić information content (AvgIpc) is 3.11. The number of halogens is 2. The molecule has 35 heavy (non-hydrogen) atoms. The van der Waals surface area contributed by atoms with E-state index in [9.17, 15) is 14.3 Å². The molecule has 0 radical (unpaired) electrons. The molecule has 0 spiro atoms. The van der Waals surface area contributed by atoms with Crippen molar-refractivity contribution in [2.24, 2.45) is 7.05 Å². The Bertz CT molecular complexity index is 1340. The van der Waals surface area contributed by atoms with E-state index in [1.165, 1.54) is 35.2 Å². The van der Waals surface area contributed by atoms with Crippen molar-refractivity contribution < 1.29 is 13.9 Å². The highest BCUT2D eigenvalue weighted by atomic mass is 19.1. The summed E-state index contributed by atoms with van der Waals surface area (Å²) in [5.41, 5.74) is -0.00337. The lowest BCUT2D eigenvalue weighted by Crippen LogP contribution is -2.65. The molecule has 0 amide bonds. The molecule has 4 heterocycles. The summed E-state index contributed by atoms with van der Waals surface area (Å²) in [6.45, 7) is 4.07.